The summed E-state index contributed by atoms with van der Waals surface area (Å²) in [7, 11) is 1.42. The van der Waals surface area contributed by atoms with Crippen LogP contribution in [-0.2, 0) is 27.4 Å². The van der Waals surface area contributed by atoms with Crippen molar-refractivity contribution in [3.63, 3.8) is 0 Å². The standard InChI is InChI=1S/C23H26N2O3.C22H25N3O2/c1-14-9-15(23(26)27-2)3-4-18(14)16-10-17-13-28-8-7-25-21-5-6-24-12-20(21)19(11-16)22(17)25;1-13-8-14(22(23)26)2-3-17(13)15-9-16-12-27-7-6-25-20-4-5-24-11-19(20)18(10-15)21(16)25/h3-4,9-11,20-21,24H,5-8,12-13H2,1-2H3;2-3,8-10,19-20,24H,4-7,11-12H2,1H3,(H2,23,26)/t20-,21-;19-,20-/m00/s1. The number of benzene rings is 4. The van der Waals surface area contributed by atoms with E-state index in [4.69, 9.17) is 19.9 Å². The number of anilines is 2. The van der Waals surface area contributed by atoms with E-state index >= 15 is 0 Å². The number of nitrogens with one attached hydrogen (secondary N) is 2. The van der Waals surface area contributed by atoms with E-state index in [0.29, 0.717) is 48.3 Å². The molecule has 0 radical (unpaired) electrons. The molecule has 1 amide bonds. The summed E-state index contributed by atoms with van der Waals surface area (Å²) in [5, 5.41) is 7.16. The molecule has 4 atom stereocenters. The zero-order chi connectivity index (χ0) is 37.8. The van der Waals surface area contributed by atoms with Gasteiger partial charge in [0.15, 0.2) is 0 Å². The molecule has 4 N–H and O–H groups in total. The van der Waals surface area contributed by atoms with Crippen LogP contribution in [0.3, 0.4) is 0 Å². The van der Waals surface area contributed by atoms with E-state index in [1.165, 1.54) is 64.7 Å². The van der Waals surface area contributed by atoms with E-state index in [-0.39, 0.29) is 11.9 Å². The third-order valence-electron chi connectivity index (χ3n) is 12.8. The molecular formula is C45H51N5O5. The fourth-order valence-electron chi connectivity index (χ4n) is 10.3. The van der Waals surface area contributed by atoms with Crippen molar-refractivity contribution in [1.29, 1.82) is 0 Å². The second-order valence-electron chi connectivity index (χ2n) is 15.9. The van der Waals surface area contributed by atoms with Crippen LogP contribution in [0.5, 0.6) is 0 Å². The minimum Gasteiger partial charge on any atom is -0.465 e. The van der Waals surface area contributed by atoms with E-state index in [1.807, 2.05) is 43.3 Å². The van der Waals surface area contributed by atoms with Gasteiger partial charge in [0.05, 0.1) is 39.1 Å². The first-order chi connectivity index (χ1) is 26.8. The summed E-state index contributed by atoms with van der Waals surface area (Å²) in [6.07, 6.45) is 2.36. The molecule has 2 saturated heterocycles. The second kappa shape index (κ2) is 14.7. The van der Waals surface area contributed by atoms with Gasteiger partial charge in [0, 0.05) is 78.2 Å². The first-order valence-corrected chi connectivity index (χ1v) is 19.8. The van der Waals surface area contributed by atoms with Crippen molar-refractivity contribution in [1.82, 2.24) is 10.6 Å². The largest absolute Gasteiger partial charge is 0.465 e. The van der Waals surface area contributed by atoms with Crippen LogP contribution < -0.4 is 26.2 Å². The molecule has 10 nitrogen and oxygen atoms in total. The maximum Gasteiger partial charge on any atom is 0.337 e. The van der Waals surface area contributed by atoms with Crippen LogP contribution in [0, 0.1) is 13.8 Å². The summed E-state index contributed by atoms with van der Waals surface area (Å²) >= 11 is 0. The number of piperidine rings is 2. The fourth-order valence-corrected chi connectivity index (χ4v) is 10.3. The van der Waals surface area contributed by atoms with Crippen molar-refractivity contribution in [2.75, 3.05) is 69.4 Å². The van der Waals surface area contributed by atoms with E-state index in [0.717, 1.165) is 74.7 Å². The smallest absolute Gasteiger partial charge is 0.337 e. The van der Waals surface area contributed by atoms with Crippen LogP contribution in [0.15, 0.2) is 60.7 Å². The summed E-state index contributed by atoms with van der Waals surface area (Å²) in [5.74, 6) is 0.395. The van der Waals surface area contributed by atoms with Gasteiger partial charge in [0.2, 0.25) is 5.91 Å². The van der Waals surface area contributed by atoms with Gasteiger partial charge in [-0.25, -0.2) is 4.79 Å². The second-order valence-corrected chi connectivity index (χ2v) is 15.9. The minimum absolute atomic E-state index is 0.296. The van der Waals surface area contributed by atoms with Crippen LogP contribution >= 0.6 is 0 Å². The Morgan fingerprint density at radius 2 is 1.20 bits per heavy atom. The van der Waals surface area contributed by atoms with Gasteiger partial charge in [0.1, 0.15) is 0 Å². The Hall–Kier alpha value is -4.74. The van der Waals surface area contributed by atoms with Gasteiger partial charge in [-0.2, -0.15) is 0 Å². The lowest BCUT2D eigenvalue weighted by Gasteiger charge is -2.33. The number of hydrogen-bond donors (Lipinski definition) is 3. The van der Waals surface area contributed by atoms with Crippen LogP contribution in [0.25, 0.3) is 22.3 Å². The van der Waals surface area contributed by atoms with Crippen molar-refractivity contribution in [2.45, 2.75) is 63.8 Å². The minimum atomic E-state index is -0.384. The summed E-state index contributed by atoms with van der Waals surface area (Å²) in [4.78, 5) is 28.5. The average Bonchev–Trinajstić information content (AvgIpc) is 3.46. The van der Waals surface area contributed by atoms with Gasteiger partial charge < -0.3 is 40.4 Å². The number of carbonyl (C=O) groups excluding carboxylic acids is 2. The highest BCUT2D eigenvalue weighted by molar-refractivity contribution is 5.94. The summed E-state index contributed by atoms with van der Waals surface area (Å²) in [5.41, 5.74) is 21.7. The molecule has 0 aromatic heterocycles. The highest BCUT2D eigenvalue weighted by Gasteiger charge is 2.43. The lowest BCUT2D eigenvalue weighted by molar-refractivity contribution is 0.0600. The summed E-state index contributed by atoms with van der Waals surface area (Å²) < 4.78 is 16.7. The third-order valence-corrected chi connectivity index (χ3v) is 12.8. The molecule has 6 heterocycles. The lowest BCUT2D eigenvalue weighted by atomic mass is 9.87. The van der Waals surface area contributed by atoms with Crippen LogP contribution in [0.2, 0.25) is 0 Å². The Balaban J connectivity index is 0.000000144. The number of primary amides is 1. The third kappa shape index (κ3) is 6.39. The van der Waals surface area contributed by atoms with Gasteiger partial charge in [-0.15, -0.1) is 0 Å². The maximum atomic E-state index is 11.9. The number of nitrogens with zero attached hydrogens (tertiary/aromatic N) is 2. The van der Waals surface area contributed by atoms with Crippen molar-refractivity contribution in [2.24, 2.45) is 5.73 Å². The van der Waals surface area contributed by atoms with Gasteiger partial charge >= 0.3 is 5.97 Å². The van der Waals surface area contributed by atoms with Gasteiger partial charge in [-0.3, -0.25) is 4.79 Å². The zero-order valence-corrected chi connectivity index (χ0v) is 32.1. The first-order valence-electron chi connectivity index (χ1n) is 19.8. The lowest BCUT2D eigenvalue weighted by Crippen LogP contribution is -2.44. The van der Waals surface area contributed by atoms with Crippen molar-refractivity contribution in [3.8, 4) is 22.3 Å². The Labute approximate surface area is 323 Å². The molecule has 6 aliphatic rings. The number of methoxy groups -OCH3 is 1. The molecule has 6 aliphatic heterocycles. The number of amides is 1. The highest BCUT2D eigenvalue weighted by Crippen LogP contribution is 2.49. The Morgan fingerprint density at radius 1 is 0.709 bits per heavy atom. The molecule has 4 aromatic rings. The number of rotatable bonds is 4. The quantitative estimate of drug-likeness (QED) is 0.223. The Morgan fingerprint density at radius 3 is 1.67 bits per heavy atom. The van der Waals surface area contributed by atoms with Crippen LogP contribution in [-0.4, -0.2) is 83.6 Å². The van der Waals surface area contributed by atoms with Crippen LogP contribution in [0.4, 0.5) is 11.4 Å². The molecule has 4 aromatic carbocycles. The molecular weight excluding hydrogens is 691 g/mol. The number of fused-ring (bicyclic) bond motifs is 6. The Bertz CT molecular complexity index is 2170. The van der Waals surface area contributed by atoms with Crippen molar-refractivity contribution < 1.29 is 23.8 Å². The Kier molecular flexibility index (Phi) is 9.62. The van der Waals surface area contributed by atoms with E-state index < -0.39 is 0 Å². The molecule has 0 aliphatic carbocycles. The van der Waals surface area contributed by atoms with Gasteiger partial charge in [-0.05, 0) is 133 Å². The predicted molar refractivity (Wildman–Crippen MR) is 215 cm³/mol. The van der Waals surface area contributed by atoms with E-state index in [1.54, 1.807) is 0 Å². The normalized spacial score (nSPS) is 23.3. The zero-order valence-electron chi connectivity index (χ0n) is 32.1. The topological polar surface area (TPSA) is 118 Å². The molecule has 55 heavy (non-hydrogen) atoms. The molecule has 0 spiro atoms. The molecule has 2 fully saturated rings. The number of nitrogens with two attached hydrogens (primary N) is 1. The summed E-state index contributed by atoms with van der Waals surface area (Å²) in [6, 6.07) is 22.0. The molecule has 10 rings (SSSR count). The van der Waals surface area contributed by atoms with Gasteiger partial charge in [0.25, 0.3) is 0 Å². The number of aryl methyl sites for hydroxylation is 2. The van der Waals surface area contributed by atoms with Crippen molar-refractivity contribution >= 4 is 23.3 Å². The fraction of sp³-hybridized carbons (Fsp3) is 0.422. The number of ether oxygens (including phenoxy) is 3. The van der Waals surface area contributed by atoms with Crippen molar-refractivity contribution in [3.05, 3.63) is 105 Å². The average molecular weight is 742 g/mol. The highest BCUT2D eigenvalue weighted by atomic mass is 16.5. The summed E-state index contributed by atoms with van der Waals surface area (Å²) in [6.45, 7) is 13.2. The molecule has 286 valence electrons. The SMILES string of the molecule is COC(=O)c1ccc(-c2cc3c4c(c2)[C@@H]2CNCC[C@@H]2N4CCOC3)c(C)c1.Cc1cc(C(N)=O)ccc1-c1cc2c3c(c1)[C@@H]1CNCC[C@@H]1N3CCOC2. The van der Waals surface area contributed by atoms with E-state index in [9.17, 15) is 9.59 Å². The van der Waals surface area contributed by atoms with E-state index in [2.05, 4.69) is 51.6 Å². The van der Waals surface area contributed by atoms with Crippen LogP contribution in [0.1, 0.15) is 78.8 Å². The number of carbonyl (C=O) groups is 2. The first kappa shape index (κ1) is 35.9. The number of hydrogen-bond acceptors (Lipinski definition) is 9. The molecule has 0 unspecified atom stereocenters. The monoisotopic (exact) mass is 741 g/mol. The predicted octanol–water partition coefficient (Wildman–Crippen LogP) is 5.80. The molecule has 0 bridgehead atoms. The van der Waals surface area contributed by atoms with Gasteiger partial charge in [-0.1, -0.05) is 12.1 Å². The number of esters is 1. The molecule has 0 saturated carbocycles. The maximum absolute atomic E-state index is 11.9. The molecule has 10 heteroatoms.